The quantitative estimate of drug-likeness (QED) is 0.746. The van der Waals surface area contributed by atoms with Gasteiger partial charge >= 0.3 is 0 Å². The molecule has 1 aromatic heterocycles. The zero-order valence-corrected chi connectivity index (χ0v) is 11.2. The maximum atomic E-state index is 3.35. The van der Waals surface area contributed by atoms with Gasteiger partial charge in [0.2, 0.25) is 0 Å². The molecule has 0 amide bonds. The fourth-order valence-corrected chi connectivity index (χ4v) is 2.23. The molecule has 0 radical (unpaired) electrons. The Morgan fingerprint density at radius 2 is 1.88 bits per heavy atom. The van der Waals surface area contributed by atoms with Crippen LogP contribution in [0.1, 0.15) is 51.6 Å². The minimum Gasteiger partial charge on any atom is -0.354 e. The van der Waals surface area contributed by atoms with Crippen LogP contribution < -0.4 is 5.32 Å². The SMILES string of the molecule is CCC(CC)Cn1ccc(C(CC)NC)c1. The Bertz CT molecular complexity index is 283. The molecule has 0 saturated carbocycles. The van der Waals surface area contributed by atoms with Gasteiger partial charge in [0.1, 0.15) is 0 Å². The van der Waals surface area contributed by atoms with E-state index in [1.54, 1.807) is 0 Å². The summed E-state index contributed by atoms with van der Waals surface area (Å²) in [6.07, 6.45) is 8.20. The standard InChI is InChI=1S/C14H26N2/c1-5-12(6-2)10-16-9-8-13(11-16)14(7-3)15-4/h8-9,11-12,14-15H,5-7,10H2,1-4H3. The number of nitrogens with one attached hydrogen (secondary N) is 1. The van der Waals surface area contributed by atoms with Gasteiger partial charge in [0.25, 0.3) is 0 Å². The van der Waals surface area contributed by atoms with E-state index >= 15 is 0 Å². The summed E-state index contributed by atoms with van der Waals surface area (Å²) < 4.78 is 2.34. The topological polar surface area (TPSA) is 17.0 Å². The Morgan fingerprint density at radius 1 is 1.19 bits per heavy atom. The van der Waals surface area contributed by atoms with Crippen LogP contribution in [-0.2, 0) is 6.54 Å². The zero-order valence-electron chi connectivity index (χ0n) is 11.2. The normalized spacial score (nSPS) is 13.3. The van der Waals surface area contributed by atoms with Crippen LogP contribution in [0.15, 0.2) is 18.5 Å². The van der Waals surface area contributed by atoms with Crippen LogP contribution in [0.2, 0.25) is 0 Å². The molecular formula is C14H26N2. The third-order valence-electron chi connectivity index (χ3n) is 3.56. The molecule has 0 spiro atoms. The summed E-state index contributed by atoms with van der Waals surface area (Å²) in [4.78, 5) is 0. The van der Waals surface area contributed by atoms with Gasteiger partial charge < -0.3 is 9.88 Å². The monoisotopic (exact) mass is 222 g/mol. The van der Waals surface area contributed by atoms with Crippen molar-refractivity contribution in [3.8, 4) is 0 Å². The largest absolute Gasteiger partial charge is 0.354 e. The van der Waals surface area contributed by atoms with Crippen LogP contribution >= 0.6 is 0 Å². The second kappa shape index (κ2) is 6.74. The number of nitrogens with zero attached hydrogens (tertiary/aromatic N) is 1. The average Bonchev–Trinajstić information content (AvgIpc) is 2.76. The summed E-state index contributed by atoms with van der Waals surface area (Å²) in [7, 11) is 2.03. The summed E-state index contributed by atoms with van der Waals surface area (Å²) in [5.74, 6) is 0.815. The molecule has 0 aliphatic rings. The summed E-state index contributed by atoms with van der Waals surface area (Å²) in [5, 5.41) is 3.35. The van der Waals surface area contributed by atoms with Gasteiger partial charge in [-0.2, -0.15) is 0 Å². The smallest absolute Gasteiger partial charge is 0.0329 e. The summed E-state index contributed by atoms with van der Waals surface area (Å²) in [6.45, 7) is 7.94. The van der Waals surface area contributed by atoms with Gasteiger partial charge in [-0.15, -0.1) is 0 Å². The molecule has 1 atom stereocenters. The molecule has 0 fully saturated rings. The van der Waals surface area contributed by atoms with E-state index in [4.69, 9.17) is 0 Å². The predicted octanol–water partition coefficient (Wildman–Crippen LogP) is 3.59. The van der Waals surface area contributed by atoms with Crippen molar-refractivity contribution in [1.29, 1.82) is 0 Å². The molecule has 1 aromatic rings. The molecule has 2 nitrogen and oxygen atoms in total. The molecule has 1 N–H and O–H groups in total. The molecule has 1 heterocycles. The van der Waals surface area contributed by atoms with Gasteiger partial charge in [-0.05, 0) is 31.0 Å². The zero-order chi connectivity index (χ0) is 12.0. The maximum Gasteiger partial charge on any atom is 0.0329 e. The average molecular weight is 222 g/mol. The highest BCUT2D eigenvalue weighted by Gasteiger charge is 2.09. The van der Waals surface area contributed by atoms with Crippen LogP contribution in [0.4, 0.5) is 0 Å². The van der Waals surface area contributed by atoms with E-state index in [0.29, 0.717) is 6.04 Å². The van der Waals surface area contributed by atoms with Gasteiger partial charge in [0.15, 0.2) is 0 Å². The van der Waals surface area contributed by atoms with E-state index in [1.807, 2.05) is 7.05 Å². The van der Waals surface area contributed by atoms with E-state index in [9.17, 15) is 0 Å². The van der Waals surface area contributed by atoms with Crippen molar-refractivity contribution in [2.75, 3.05) is 7.05 Å². The lowest BCUT2D eigenvalue weighted by atomic mass is 10.0. The van der Waals surface area contributed by atoms with E-state index < -0.39 is 0 Å². The Morgan fingerprint density at radius 3 is 2.38 bits per heavy atom. The first kappa shape index (κ1) is 13.3. The predicted molar refractivity (Wildman–Crippen MR) is 70.6 cm³/mol. The lowest BCUT2D eigenvalue weighted by molar-refractivity contribution is 0.418. The van der Waals surface area contributed by atoms with Crippen LogP contribution in [-0.4, -0.2) is 11.6 Å². The molecule has 1 rings (SSSR count). The first-order valence-electron chi connectivity index (χ1n) is 6.57. The molecular weight excluding hydrogens is 196 g/mol. The van der Waals surface area contributed by atoms with E-state index in [2.05, 4.69) is 49.1 Å². The third kappa shape index (κ3) is 3.38. The van der Waals surface area contributed by atoms with Crippen molar-refractivity contribution in [3.63, 3.8) is 0 Å². The van der Waals surface area contributed by atoms with Crippen molar-refractivity contribution < 1.29 is 0 Å². The molecule has 0 saturated heterocycles. The third-order valence-corrected chi connectivity index (χ3v) is 3.56. The minimum atomic E-state index is 0.503. The van der Waals surface area contributed by atoms with E-state index in [0.717, 1.165) is 18.9 Å². The highest BCUT2D eigenvalue weighted by Crippen LogP contribution is 2.18. The Kier molecular flexibility index (Phi) is 5.61. The summed E-state index contributed by atoms with van der Waals surface area (Å²) >= 11 is 0. The fourth-order valence-electron chi connectivity index (χ4n) is 2.23. The van der Waals surface area contributed by atoms with Crippen molar-refractivity contribution in [2.24, 2.45) is 5.92 Å². The Labute approximate surface area is 100 Å². The first-order chi connectivity index (χ1) is 7.74. The second-order valence-electron chi connectivity index (χ2n) is 4.57. The number of aromatic nitrogens is 1. The van der Waals surface area contributed by atoms with E-state index in [1.165, 1.54) is 18.4 Å². The highest BCUT2D eigenvalue weighted by atomic mass is 15.0. The Balaban J connectivity index is 2.63. The lowest BCUT2D eigenvalue weighted by Crippen LogP contribution is -2.14. The molecule has 0 bridgehead atoms. The van der Waals surface area contributed by atoms with Crippen LogP contribution in [0.5, 0.6) is 0 Å². The number of hydrogen-bond donors (Lipinski definition) is 1. The summed E-state index contributed by atoms with van der Waals surface area (Å²) in [6, 6.07) is 2.75. The van der Waals surface area contributed by atoms with Crippen molar-refractivity contribution in [2.45, 2.75) is 52.6 Å². The van der Waals surface area contributed by atoms with Gasteiger partial charge in [0.05, 0.1) is 0 Å². The van der Waals surface area contributed by atoms with Crippen LogP contribution in [0.3, 0.4) is 0 Å². The maximum absolute atomic E-state index is 3.35. The lowest BCUT2D eigenvalue weighted by Gasteiger charge is -2.14. The molecule has 92 valence electrons. The molecule has 1 unspecified atom stereocenters. The van der Waals surface area contributed by atoms with Gasteiger partial charge in [0, 0.05) is 25.0 Å². The van der Waals surface area contributed by atoms with Gasteiger partial charge in [-0.25, -0.2) is 0 Å². The van der Waals surface area contributed by atoms with E-state index in [-0.39, 0.29) is 0 Å². The molecule has 0 aromatic carbocycles. The first-order valence-corrected chi connectivity index (χ1v) is 6.57. The number of hydrogen-bond acceptors (Lipinski definition) is 1. The second-order valence-corrected chi connectivity index (χ2v) is 4.57. The minimum absolute atomic E-state index is 0.503. The summed E-state index contributed by atoms with van der Waals surface area (Å²) in [5.41, 5.74) is 1.41. The number of rotatable bonds is 7. The van der Waals surface area contributed by atoms with Crippen molar-refractivity contribution in [3.05, 3.63) is 24.0 Å². The molecule has 0 aliphatic carbocycles. The van der Waals surface area contributed by atoms with Crippen LogP contribution in [0.25, 0.3) is 0 Å². The molecule has 0 aliphatic heterocycles. The van der Waals surface area contributed by atoms with Crippen molar-refractivity contribution in [1.82, 2.24) is 9.88 Å². The van der Waals surface area contributed by atoms with Gasteiger partial charge in [-0.1, -0.05) is 33.6 Å². The molecule has 2 heteroatoms. The Hall–Kier alpha value is -0.760. The van der Waals surface area contributed by atoms with Crippen molar-refractivity contribution >= 4 is 0 Å². The highest BCUT2D eigenvalue weighted by molar-refractivity contribution is 5.15. The molecule has 16 heavy (non-hydrogen) atoms. The fraction of sp³-hybridized carbons (Fsp3) is 0.714. The van der Waals surface area contributed by atoms with Gasteiger partial charge in [-0.3, -0.25) is 0 Å². The van der Waals surface area contributed by atoms with Crippen LogP contribution in [0, 0.1) is 5.92 Å².